The van der Waals surface area contributed by atoms with E-state index in [-0.39, 0.29) is 0 Å². The van der Waals surface area contributed by atoms with Gasteiger partial charge >= 0.3 is 0 Å². The van der Waals surface area contributed by atoms with Crippen LogP contribution in [-0.4, -0.2) is 4.98 Å². The summed E-state index contributed by atoms with van der Waals surface area (Å²) in [6.07, 6.45) is 0. The van der Waals surface area contributed by atoms with E-state index in [0.717, 1.165) is 38.7 Å². The highest BCUT2D eigenvalue weighted by molar-refractivity contribution is 6.10. The molecule has 0 aliphatic rings. The number of fused-ring (bicyclic) bond motifs is 2. The van der Waals surface area contributed by atoms with Crippen LogP contribution in [0.4, 0.5) is 11.4 Å². The molecule has 3 heteroatoms. The molecule has 0 spiro atoms. The Morgan fingerprint density at radius 1 is 0.840 bits per heavy atom. The summed E-state index contributed by atoms with van der Waals surface area (Å²) in [5.41, 5.74) is 13.5. The summed E-state index contributed by atoms with van der Waals surface area (Å²) < 4.78 is 0. The molecule has 0 fully saturated rings. The Balaban J connectivity index is 2.02. The molecule has 1 heterocycles. The molecule has 124 valence electrons. The van der Waals surface area contributed by atoms with Crippen LogP contribution in [0.15, 0.2) is 60.7 Å². The van der Waals surface area contributed by atoms with Crippen LogP contribution >= 0.6 is 0 Å². The quantitative estimate of drug-likeness (QED) is 0.508. The van der Waals surface area contributed by atoms with E-state index >= 15 is 0 Å². The van der Waals surface area contributed by atoms with Gasteiger partial charge in [0.1, 0.15) is 0 Å². The lowest BCUT2D eigenvalue weighted by Crippen LogP contribution is -1.99. The number of pyridine rings is 1. The normalized spacial score (nSPS) is 11.2. The van der Waals surface area contributed by atoms with Crippen LogP contribution < -0.4 is 11.1 Å². The lowest BCUT2D eigenvalue weighted by atomic mass is 10.0. The van der Waals surface area contributed by atoms with E-state index < -0.39 is 0 Å². The minimum absolute atomic E-state index is 0.533. The first-order valence-corrected chi connectivity index (χ1v) is 8.52. The molecule has 3 aromatic carbocycles. The second-order valence-electron chi connectivity index (χ2n) is 6.46. The molecule has 3 nitrogen and oxygen atoms in total. The third-order valence-corrected chi connectivity index (χ3v) is 4.67. The van der Waals surface area contributed by atoms with Crippen molar-refractivity contribution in [3.05, 3.63) is 77.4 Å². The lowest BCUT2D eigenvalue weighted by molar-refractivity contribution is 1.07. The van der Waals surface area contributed by atoms with Crippen molar-refractivity contribution in [1.82, 2.24) is 4.98 Å². The molecule has 25 heavy (non-hydrogen) atoms. The molecule has 0 aliphatic carbocycles. The summed E-state index contributed by atoms with van der Waals surface area (Å²) in [6.45, 7) is 4.75. The number of rotatable bonds is 3. The SMILES string of the molecule is Cc1cccc2c(Nc3cccc(CN)c3)c3cccc(C)c3nc12. The largest absolute Gasteiger partial charge is 0.354 e. The number of hydrogen-bond acceptors (Lipinski definition) is 3. The van der Waals surface area contributed by atoms with E-state index in [2.05, 4.69) is 67.7 Å². The van der Waals surface area contributed by atoms with Gasteiger partial charge in [0.25, 0.3) is 0 Å². The van der Waals surface area contributed by atoms with Gasteiger partial charge in [0.15, 0.2) is 0 Å². The van der Waals surface area contributed by atoms with Crippen LogP contribution in [0.3, 0.4) is 0 Å². The molecule has 4 aromatic rings. The number of aryl methyl sites for hydroxylation is 2. The molecule has 1 aromatic heterocycles. The molecule has 0 amide bonds. The molecular formula is C22H21N3. The van der Waals surface area contributed by atoms with Crippen molar-refractivity contribution in [3.8, 4) is 0 Å². The lowest BCUT2D eigenvalue weighted by Gasteiger charge is -2.16. The topological polar surface area (TPSA) is 50.9 Å². The molecule has 0 bridgehead atoms. The summed E-state index contributed by atoms with van der Waals surface area (Å²) in [6, 6.07) is 20.9. The number of nitrogens with one attached hydrogen (secondary N) is 1. The maximum absolute atomic E-state index is 5.80. The Labute approximate surface area is 147 Å². The zero-order valence-corrected chi connectivity index (χ0v) is 14.5. The van der Waals surface area contributed by atoms with Crippen LogP contribution in [0.5, 0.6) is 0 Å². The molecule has 4 rings (SSSR count). The number of anilines is 2. The average molecular weight is 327 g/mol. The second-order valence-corrected chi connectivity index (χ2v) is 6.46. The van der Waals surface area contributed by atoms with Crippen LogP contribution in [0.1, 0.15) is 16.7 Å². The minimum atomic E-state index is 0.533. The first kappa shape index (κ1) is 15.6. The third kappa shape index (κ3) is 2.73. The molecule has 0 unspecified atom stereocenters. The van der Waals surface area contributed by atoms with Crippen LogP contribution in [0, 0.1) is 13.8 Å². The monoisotopic (exact) mass is 327 g/mol. The maximum Gasteiger partial charge on any atom is 0.0759 e. The van der Waals surface area contributed by atoms with Gasteiger partial charge < -0.3 is 11.1 Å². The maximum atomic E-state index is 5.80. The summed E-state index contributed by atoms with van der Waals surface area (Å²) in [5.74, 6) is 0. The van der Waals surface area contributed by atoms with E-state index in [0.29, 0.717) is 6.54 Å². The number of hydrogen-bond donors (Lipinski definition) is 2. The van der Waals surface area contributed by atoms with E-state index in [4.69, 9.17) is 10.7 Å². The van der Waals surface area contributed by atoms with Gasteiger partial charge in [-0.05, 0) is 42.7 Å². The van der Waals surface area contributed by atoms with Crippen LogP contribution in [-0.2, 0) is 6.54 Å². The van der Waals surface area contributed by atoms with Crippen molar-refractivity contribution in [1.29, 1.82) is 0 Å². The van der Waals surface area contributed by atoms with E-state index in [1.165, 1.54) is 11.1 Å². The van der Waals surface area contributed by atoms with Crippen molar-refractivity contribution in [3.63, 3.8) is 0 Å². The summed E-state index contributed by atoms with van der Waals surface area (Å²) >= 11 is 0. The average Bonchev–Trinajstić information content (AvgIpc) is 2.63. The van der Waals surface area contributed by atoms with Crippen LogP contribution in [0.2, 0.25) is 0 Å². The Kier molecular flexibility index (Phi) is 3.86. The third-order valence-electron chi connectivity index (χ3n) is 4.67. The Bertz CT molecular complexity index is 1020. The fourth-order valence-corrected chi connectivity index (χ4v) is 3.33. The van der Waals surface area contributed by atoms with E-state index in [1.807, 2.05) is 12.1 Å². The highest BCUT2D eigenvalue weighted by Gasteiger charge is 2.12. The first-order valence-electron chi connectivity index (χ1n) is 8.52. The number of nitrogens with two attached hydrogens (primary N) is 1. The van der Waals surface area contributed by atoms with Crippen LogP contribution in [0.25, 0.3) is 21.8 Å². The number of benzene rings is 3. The Hall–Kier alpha value is -2.91. The van der Waals surface area contributed by atoms with E-state index in [1.54, 1.807) is 0 Å². The summed E-state index contributed by atoms with van der Waals surface area (Å²) in [7, 11) is 0. The molecule has 0 saturated heterocycles. The summed E-state index contributed by atoms with van der Waals surface area (Å²) in [5, 5.41) is 5.89. The predicted octanol–water partition coefficient (Wildman–Crippen LogP) is 5.21. The van der Waals surface area contributed by atoms with Crippen molar-refractivity contribution in [2.45, 2.75) is 20.4 Å². The molecule has 0 atom stereocenters. The molecule has 0 saturated carbocycles. The fraction of sp³-hybridized carbons (Fsp3) is 0.136. The highest BCUT2D eigenvalue weighted by Crippen LogP contribution is 2.35. The van der Waals surface area contributed by atoms with Gasteiger partial charge in [-0.15, -0.1) is 0 Å². The zero-order chi connectivity index (χ0) is 17.4. The number of nitrogens with zero attached hydrogens (tertiary/aromatic N) is 1. The summed E-state index contributed by atoms with van der Waals surface area (Å²) in [4.78, 5) is 4.95. The van der Waals surface area contributed by atoms with Gasteiger partial charge in [-0.2, -0.15) is 0 Å². The predicted molar refractivity (Wildman–Crippen MR) is 106 cm³/mol. The molecule has 0 aliphatic heterocycles. The van der Waals surface area contributed by atoms with Crippen molar-refractivity contribution >= 4 is 33.2 Å². The highest BCUT2D eigenvalue weighted by atomic mass is 14.9. The smallest absolute Gasteiger partial charge is 0.0759 e. The van der Waals surface area contributed by atoms with Gasteiger partial charge in [-0.3, -0.25) is 0 Å². The van der Waals surface area contributed by atoms with Gasteiger partial charge in [-0.1, -0.05) is 48.5 Å². The van der Waals surface area contributed by atoms with Crippen molar-refractivity contribution in [2.75, 3.05) is 5.32 Å². The van der Waals surface area contributed by atoms with Gasteiger partial charge in [0, 0.05) is 23.0 Å². The number of para-hydroxylation sites is 2. The fourth-order valence-electron chi connectivity index (χ4n) is 3.33. The standard InChI is InChI=1S/C22H21N3/c1-14-6-3-10-18-20(14)25-21-15(2)7-4-11-19(21)22(18)24-17-9-5-8-16(12-17)13-23/h3-12H,13,23H2,1-2H3,(H,24,25). The van der Waals surface area contributed by atoms with Crippen molar-refractivity contribution in [2.24, 2.45) is 5.73 Å². The zero-order valence-electron chi connectivity index (χ0n) is 14.5. The van der Waals surface area contributed by atoms with Gasteiger partial charge in [-0.25, -0.2) is 4.98 Å². The first-order chi connectivity index (χ1) is 12.2. The molecular weight excluding hydrogens is 306 g/mol. The Morgan fingerprint density at radius 3 is 2.04 bits per heavy atom. The minimum Gasteiger partial charge on any atom is -0.354 e. The van der Waals surface area contributed by atoms with E-state index in [9.17, 15) is 0 Å². The van der Waals surface area contributed by atoms with Gasteiger partial charge in [0.2, 0.25) is 0 Å². The van der Waals surface area contributed by atoms with Crippen molar-refractivity contribution < 1.29 is 0 Å². The molecule has 0 radical (unpaired) electrons. The molecule has 3 N–H and O–H groups in total. The number of aromatic nitrogens is 1. The Morgan fingerprint density at radius 2 is 1.44 bits per heavy atom. The second kappa shape index (κ2) is 6.19. The van der Waals surface area contributed by atoms with Gasteiger partial charge in [0.05, 0.1) is 16.7 Å².